The van der Waals surface area contributed by atoms with Crippen LogP contribution in [0.4, 0.5) is 0 Å². The Bertz CT molecular complexity index is 481. The van der Waals surface area contributed by atoms with E-state index in [-0.39, 0.29) is 6.04 Å². The predicted molar refractivity (Wildman–Crippen MR) is 85.6 cm³/mol. The van der Waals surface area contributed by atoms with E-state index in [0.29, 0.717) is 0 Å². The highest BCUT2D eigenvalue weighted by molar-refractivity contribution is 5.18. The summed E-state index contributed by atoms with van der Waals surface area (Å²) >= 11 is 0. The lowest BCUT2D eigenvalue weighted by Crippen LogP contribution is -2.25. The molecule has 0 saturated heterocycles. The molecule has 0 radical (unpaired) electrons. The first-order valence-electron chi connectivity index (χ1n) is 7.28. The molecule has 2 N–H and O–H groups in total. The van der Waals surface area contributed by atoms with Gasteiger partial charge in [-0.3, -0.25) is 0 Å². The fraction of sp³-hybridized carbons (Fsp3) is 0.333. The van der Waals surface area contributed by atoms with Gasteiger partial charge in [0.25, 0.3) is 0 Å². The van der Waals surface area contributed by atoms with Gasteiger partial charge >= 0.3 is 0 Å². The third-order valence-corrected chi connectivity index (χ3v) is 3.67. The van der Waals surface area contributed by atoms with Gasteiger partial charge in [-0.05, 0) is 37.6 Å². The smallest absolute Gasteiger partial charge is 0.0307 e. The molecule has 106 valence electrons. The normalized spacial score (nSPS) is 12.6. The highest BCUT2D eigenvalue weighted by atomic mass is 15.1. The molecule has 20 heavy (non-hydrogen) atoms. The number of hydrogen-bond donors (Lipinski definition) is 1. The van der Waals surface area contributed by atoms with Crippen LogP contribution in [0.1, 0.15) is 23.6 Å². The Labute approximate surface area is 122 Å². The molecule has 2 heteroatoms. The molecule has 0 aliphatic carbocycles. The zero-order valence-electron chi connectivity index (χ0n) is 12.2. The number of nitrogens with zero attached hydrogens (tertiary/aromatic N) is 1. The van der Waals surface area contributed by atoms with Crippen molar-refractivity contribution in [1.82, 2.24) is 4.90 Å². The molecule has 0 amide bonds. The van der Waals surface area contributed by atoms with Crippen LogP contribution >= 0.6 is 0 Å². The lowest BCUT2D eigenvalue weighted by atomic mass is 10.0. The molecule has 1 atom stereocenters. The molecule has 0 aliphatic heterocycles. The van der Waals surface area contributed by atoms with E-state index in [4.69, 9.17) is 5.73 Å². The van der Waals surface area contributed by atoms with Crippen molar-refractivity contribution in [3.63, 3.8) is 0 Å². The Kier molecular flexibility index (Phi) is 5.78. The summed E-state index contributed by atoms with van der Waals surface area (Å²) in [6.07, 6.45) is 2.09. The first kappa shape index (κ1) is 14.8. The predicted octanol–water partition coefficient (Wildman–Crippen LogP) is 3.25. The standard InChI is InChI=1S/C18H24N2/c1-20(14-12-16-8-4-2-5-9-16)15-13-18(19)17-10-6-3-7-11-17/h2-11,18H,12-15,19H2,1H3. The van der Waals surface area contributed by atoms with Gasteiger partial charge in [-0.25, -0.2) is 0 Å². The number of hydrogen-bond acceptors (Lipinski definition) is 2. The summed E-state index contributed by atoms with van der Waals surface area (Å²) in [5.41, 5.74) is 8.84. The minimum absolute atomic E-state index is 0.135. The Morgan fingerprint density at radius 1 is 0.900 bits per heavy atom. The molecule has 0 saturated carbocycles. The molecule has 2 rings (SSSR count). The van der Waals surface area contributed by atoms with E-state index in [1.54, 1.807) is 0 Å². The van der Waals surface area contributed by atoms with Gasteiger partial charge in [0.2, 0.25) is 0 Å². The summed E-state index contributed by atoms with van der Waals surface area (Å²) in [7, 11) is 2.17. The lowest BCUT2D eigenvalue weighted by Gasteiger charge is -2.19. The summed E-state index contributed by atoms with van der Waals surface area (Å²) in [4.78, 5) is 2.36. The minimum Gasteiger partial charge on any atom is -0.324 e. The summed E-state index contributed by atoms with van der Waals surface area (Å²) < 4.78 is 0. The zero-order chi connectivity index (χ0) is 14.2. The number of rotatable bonds is 7. The number of likely N-dealkylation sites (N-methyl/N-ethyl adjacent to an activating group) is 1. The van der Waals surface area contributed by atoms with Crippen LogP contribution in [0, 0.1) is 0 Å². The third-order valence-electron chi connectivity index (χ3n) is 3.67. The summed E-state index contributed by atoms with van der Waals surface area (Å²) in [6, 6.07) is 21.1. The second-order valence-corrected chi connectivity index (χ2v) is 5.34. The van der Waals surface area contributed by atoms with Crippen LogP contribution in [0.15, 0.2) is 60.7 Å². The van der Waals surface area contributed by atoms with E-state index in [1.165, 1.54) is 11.1 Å². The average Bonchev–Trinajstić information content (AvgIpc) is 2.52. The maximum absolute atomic E-state index is 6.22. The monoisotopic (exact) mass is 268 g/mol. The van der Waals surface area contributed by atoms with Gasteiger partial charge in [0.15, 0.2) is 0 Å². The Hall–Kier alpha value is -1.64. The van der Waals surface area contributed by atoms with Gasteiger partial charge < -0.3 is 10.6 Å². The second-order valence-electron chi connectivity index (χ2n) is 5.34. The zero-order valence-corrected chi connectivity index (χ0v) is 12.2. The molecule has 2 nitrogen and oxygen atoms in total. The van der Waals surface area contributed by atoms with Gasteiger partial charge in [0, 0.05) is 12.6 Å². The van der Waals surface area contributed by atoms with Crippen LogP contribution in [-0.4, -0.2) is 25.0 Å². The molecule has 0 spiro atoms. The van der Waals surface area contributed by atoms with E-state index < -0.39 is 0 Å². The van der Waals surface area contributed by atoms with Crippen molar-refractivity contribution < 1.29 is 0 Å². The van der Waals surface area contributed by atoms with Crippen molar-refractivity contribution in [1.29, 1.82) is 0 Å². The van der Waals surface area contributed by atoms with Crippen molar-refractivity contribution in [2.75, 3.05) is 20.1 Å². The number of benzene rings is 2. The quantitative estimate of drug-likeness (QED) is 0.835. The fourth-order valence-electron chi connectivity index (χ4n) is 2.30. The van der Waals surface area contributed by atoms with Gasteiger partial charge in [0.1, 0.15) is 0 Å². The maximum Gasteiger partial charge on any atom is 0.0307 e. The lowest BCUT2D eigenvalue weighted by molar-refractivity contribution is 0.322. The molecular weight excluding hydrogens is 244 g/mol. The Morgan fingerprint density at radius 3 is 2.15 bits per heavy atom. The Morgan fingerprint density at radius 2 is 1.50 bits per heavy atom. The van der Waals surface area contributed by atoms with Gasteiger partial charge in [-0.1, -0.05) is 60.7 Å². The number of nitrogens with two attached hydrogens (primary N) is 1. The van der Waals surface area contributed by atoms with E-state index in [2.05, 4.69) is 54.4 Å². The molecule has 0 fully saturated rings. The van der Waals surface area contributed by atoms with E-state index in [0.717, 1.165) is 25.9 Å². The molecule has 0 aliphatic rings. The Balaban J connectivity index is 1.71. The molecule has 0 heterocycles. The van der Waals surface area contributed by atoms with Crippen LogP contribution in [0.3, 0.4) is 0 Å². The molecule has 0 bridgehead atoms. The fourth-order valence-corrected chi connectivity index (χ4v) is 2.30. The van der Waals surface area contributed by atoms with Crippen LogP contribution < -0.4 is 5.73 Å². The van der Waals surface area contributed by atoms with Crippen molar-refractivity contribution in [2.45, 2.75) is 18.9 Å². The van der Waals surface area contributed by atoms with Crippen molar-refractivity contribution in [2.24, 2.45) is 5.73 Å². The first-order chi connectivity index (χ1) is 9.75. The maximum atomic E-state index is 6.22. The van der Waals surface area contributed by atoms with Gasteiger partial charge in [-0.2, -0.15) is 0 Å². The summed E-state index contributed by atoms with van der Waals surface area (Å²) in [6.45, 7) is 2.11. The van der Waals surface area contributed by atoms with Crippen LogP contribution in [0.2, 0.25) is 0 Å². The van der Waals surface area contributed by atoms with Crippen LogP contribution in [-0.2, 0) is 6.42 Å². The highest BCUT2D eigenvalue weighted by Gasteiger charge is 2.07. The molecule has 2 aromatic carbocycles. The topological polar surface area (TPSA) is 29.3 Å². The van der Waals surface area contributed by atoms with E-state index in [1.807, 2.05) is 18.2 Å². The third kappa shape index (κ3) is 4.80. The molecule has 0 aromatic heterocycles. The van der Waals surface area contributed by atoms with E-state index >= 15 is 0 Å². The summed E-state index contributed by atoms with van der Waals surface area (Å²) in [5, 5.41) is 0. The average molecular weight is 268 g/mol. The largest absolute Gasteiger partial charge is 0.324 e. The van der Waals surface area contributed by atoms with Crippen molar-refractivity contribution >= 4 is 0 Å². The van der Waals surface area contributed by atoms with Crippen molar-refractivity contribution in [3.05, 3.63) is 71.8 Å². The highest BCUT2D eigenvalue weighted by Crippen LogP contribution is 2.13. The SMILES string of the molecule is CN(CCc1ccccc1)CCC(N)c1ccccc1. The van der Waals surface area contributed by atoms with Crippen LogP contribution in [0.5, 0.6) is 0 Å². The molecular formula is C18H24N2. The van der Waals surface area contributed by atoms with Gasteiger partial charge in [-0.15, -0.1) is 0 Å². The van der Waals surface area contributed by atoms with Crippen LogP contribution in [0.25, 0.3) is 0 Å². The second kappa shape index (κ2) is 7.83. The molecule has 2 aromatic rings. The van der Waals surface area contributed by atoms with Crippen molar-refractivity contribution in [3.8, 4) is 0 Å². The first-order valence-corrected chi connectivity index (χ1v) is 7.28. The minimum atomic E-state index is 0.135. The van der Waals surface area contributed by atoms with E-state index in [9.17, 15) is 0 Å². The van der Waals surface area contributed by atoms with Gasteiger partial charge in [0.05, 0.1) is 0 Å². The molecule has 1 unspecified atom stereocenters. The summed E-state index contributed by atoms with van der Waals surface area (Å²) in [5.74, 6) is 0.